The Hall–Kier alpha value is -2.18. The Morgan fingerprint density at radius 1 is 1.33 bits per heavy atom. The lowest BCUT2D eigenvalue weighted by Crippen LogP contribution is -2.45. The van der Waals surface area contributed by atoms with Crippen molar-refractivity contribution in [2.45, 2.75) is 26.1 Å². The van der Waals surface area contributed by atoms with Crippen molar-refractivity contribution < 1.29 is 13.9 Å². The zero-order valence-electron chi connectivity index (χ0n) is 13.6. The van der Waals surface area contributed by atoms with Crippen LogP contribution in [0, 0.1) is 6.92 Å². The van der Waals surface area contributed by atoms with Crippen LogP contribution in [0.3, 0.4) is 0 Å². The third-order valence-electron chi connectivity index (χ3n) is 4.22. The van der Waals surface area contributed by atoms with Crippen LogP contribution < -0.4 is 0 Å². The van der Waals surface area contributed by atoms with Crippen LogP contribution in [0.25, 0.3) is 11.1 Å². The third kappa shape index (κ3) is 2.72. The molecule has 1 aromatic carbocycles. The van der Waals surface area contributed by atoms with Crippen molar-refractivity contribution in [1.82, 2.24) is 9.88 Å². The van der Waals surface area contributed by atoms with E-state index in [-0.39, 0.29) is 18.1 Å². The van der Waals surface area contributed by atoms with Crippen molar-refractivity contribution in [2.75, 3.05) is 13.1 Å². The number of morpholine rings is 1. The second kappa shape index (κ2) is 6.03. The zero-order chi connectivity index (χ0) is 16.7. The lowest BCUT2D eigenvalue weighted by molar-refractivity contribution is -0.0689. The monoisotopic (exact) mass is 342 g/mol. The SMILES string of the molecule is Cc1nc2c(C(=O)N3C[C@@H](c4ccsc4)O[C@@H](C)C3)cccc2o1. The molecule has 3 aromatic rings. The number of rotatable bonds is 2. The molecule has 1 saturated heterocycles. The highest BCUT2D eigenvalue weighted by Gasteiger charge is 2.31. The smallest absolute Gasteiger partial charge is 0.256 e. The molecule has 24 heavy (non-hydrogen) atoms. The summed E-state index contributed by atoms with van der Waals surface area (Å²) in [4.78, 5) is 19.3. The molecule has 1 aliphatic rings. The van der Waals surface area contributed by atoms with Gasteiger partial charge in [0, 0.05) is 13.5 Å². The van der Waals surface area contributed by atoms with E-state index in [1.807, 2.05) is 35.4 Å². The van der Waals surface area contributed by atoms with Crippen LogP contribution in [0.1, 0.15) is 34.8 Å². The van der Waals surface area contributed by atoms with E-state index in [1.54, 1.807) is 18.3 Å². The molecule has 0 N–H and O–H groups in total. The Morgan fingerprint density at radius 2 is 2.21 bits per heavy atom. The van der Waals surface area contributed by atoms with Crippen LogP contribution in [0.5, 0.6) is 0 Å². The van der Waals surface area contributed by atoms with Gasteiger partial charge in [-0.25, -0.2) is 4.98 Å². The molecule has 0 saturated carbocycles. The summed E-state index contributed by atoms with van der Waals surface area (Å²) in [7, 11) is 0. The Morgan fingerprint density at radius 3 is 3.00 bits per heavy atom. The maximum atomic E-state index is 13.1. The Balaban J connectivity index is 1.65. The van der Waals surface area contributed by atoms with Gasteiger partial charge in [-0.1, -0.05) is 6.07 Å². The molecular weight excluding hydrogens is 324 g/mol. The molecule has 0 spiro atoms. The Kier molecular flexibility index (Phi) is 3.86. The maximum Gasteiger partial charge on any atom is 0.256 e. The van der Waals surface area contributed by atoms with Gasteiger partial charge in [0.15, 0.2) is 11.5 Å². The first-order valence-electron chi connectivity index (χ1n) is 7.95. The first-order chi connectivity index (χ1) is 11.6. The summed E-state index contributed by atoms with van der Waals surface area (Å²) in [6.45, 7) is 4.91. The molecule has 2 atom stereocenters. The number of aromatic nitrogens is 1. The highest BCUT2D eigenvalue weighted by Crippen LogP contribution is 2.29. The number of hydrogen-bond donors (Lipinski definition) is 0. The molecular formula is C18H18N2O3S. The summed E-state index contributed by atoms with van der Waals surface area (Å²) in [5, 5.41) is 4.11. The summed E-state index contributed by atoms with van der Waals surface area (Å²) in [5.41, 5.74) is 2.99. The van der Waals surface area contributed by atoms with Gasteiger partial charge in [0.25, 0.3) is 5.91 Å². The van der Waals surface area contributed by atoms with Gasteiger partial charge in [0.1, 0.15) is 11.6 Å². The summed E-state index contributed by atoms with van der Waals surface area (Å²) >= 11 is 1.64. The van der Waals surface area contributed by atoms with E-state index in [2.05, 4.69) is 16.4 Å². The van der Waals surface area contributed by atoms with E-state index in [0.29, 0.717) is 35.6 Å². The average Bonchev–Trinajstić information content (AvgIpc) is 3.21. The lowest BCUT2D eigenvalue weighted by Gasteiger charge is -2.36. The third-order valence-corrected chi connectivity index (χ3v) is 4.92. The highest BCUT2D eigenvalue weighted by atomic mass is 32.1. The topological polar surface area (TPSA) is 55.6 Å². The first kappa shape index (κ1) is 15.4. The molecule has 3 heterocycles. The number of oxazole rings is 1. The quantitative estimate of drug-likeness (QED) is 0.711. The molecule has 0 aliphatic carbocycles. The second-order valence-electron chi connectivity index (χ2n) is 6.09. The lowest BCUT2D eigenvalue weighted by atomic mass is 10.1. The number of carbonyl (C=O) groups excluding carboxylic acids is 1. The van der Waals surface area contributed by atoms with Crippen molar-refractivity contribution in [2.24, 2.45) is 0 Å². The first-order valence-corrected chi connectivity index (χ1v) is 8.89. The number of ether oxygens (including phenoxy) is 1. The molecule has 124 valence electrons. The molecule has 0 radical (unpaired) electrons. The largest absolute Gasteiger partial charge is 0.441 e. The van der Waals surface area contributed by atoms with Gasteiger partial charge >= 0.3 is 0 Å². The van der Waals surface area contributed by atoms with Crippen LogP contribution >= 0.6 is 11.3 Å². The van der Waals surface area contributed by atoms with E-state index in [4.69, 9.17) is 9.15 Å². The van der Waals surface area contributed by atoms with E-state index in [0.717, 1.165) is 5.56 Å². The summed E-state index contributed by atoms with van der Waals surface area (Å²) in [5.74, 6) is 0.543. The second-order valence-corrected chi connectivity index (χ2v) is 6.87. The van der Waals surface area contributed by atoms with E-state index < -0.39 is 0 Å². The number of hydrogen-bond acceptors (Lipinski definition) is 5. The summed E-state index contributed by atoms with van der Waals surface area (Å²) in [6.07, 6.45) is -0.0898. The number of aryl methyl sites for hydroxylation is 1. The van der Waals surface area contributed by atoms with Crippen LogP contribution in [0.2, 0.25) is 0 Å². The molecule has 0 unspecified atom stereocenters. The number of carbonyl (C=O) groups is 1. The van der Waals surface area contributed by atoms with Crippen molar-refractivity contribution in [1.29, 1.82) is 0 Å². The zero-order valence-corrected chi connectivity index (χ0v) is 14.4. The fraction of sp³-hybridized carbons (Fsp3) is 0.333. The van der Waals surface area contributed by atoms with Crippen molar-refractivity contribution in [3.63, 3.8) is 0 Å². The number of fused-ring (bicyclic) bond motifs is 1. The average molecular weight is 342 g/mol. The van der Waals surface area contributed by atoms with Crippen molar-refractivity contribution >= 4 is 28.3 Å². The fourth-order valence-electron chi connectivity index (χ4n) is 3.16. The summed E-state index contributed by atoms with van der Waals surface area (Å²) in [6, 6.07) is 7.53. The van der Waals surface area contributed by atoms with Gasteiger partial charge in [-0.15, -0.1) is 0 Å². The van der Waals surface area contributed by atoms with E-state index in [9.17, 15) is 4.79 Å². The van der Waals surface area contributed by atoms with Gasteiger partial charge < -0.3 is 14.1 Å². The van der Waals surface area contributed by atoms with Gasteiger partial charge in [-0.3, -0.25) is 4.79 Å². The molecule has 6 heteroatoms. The van der Waals surface area contributed by atoms with Gasteiger partial charge in [0.05, 0.1) is 18.2 Å². The van der Waals surface area contributed by atoms with Crippen LogP contribution in [0.4, 0.5) is 0 Å². The van der Waals surface area contributed by atoms with Crippen LogP contribution in [-0.2, 0) is 4.74 Å². The molecule has 2 aromatic heterocycles. The van der Waals surface area contributed by atoms with E-state index >= 15 is 0 Å². The summed E-state index contributed by atoms with van der Waals surface area (Å²) < 4.78 is 11.6. The van der Waals surface area contributed by atoms with Crippen LogP contribution in [-0.4, -0.2) is 35.0 Å². The molecule has 1 aliphatic heterocycles. The maximum absolute atomic E-state index is 13.1. The minimum Gasteiger partial charge on any atom is -0.441 e. The number of thiophene rings is 1. The minimum absolute atomic E-state index is 0.00847. The normalized spacial score (nSPS) is 21.3. The number of benzene rings is 1. The fourth-order valence-corrected chi connectivity index (χ4v) is 3.86. The predicted molar refractivity (Wildman–Crippen MR) is 92.3 cm³/mol. The Bertz CT molecular complexity index is 872. The molecule has 0 bridgehead atoms. The molecule has 4 rings (SSSR count). The van der Waals surface area contributed by atoms with E-state index in [1.165, 1.54) is 0 Å². The predicted octanol–water partition coefficient (Wildman–Crippen LogP) is 3.80. The van der Waals surface area contributed by atoms with Crippen molar-refractivity contribution in [3.05, 3.63) is 52.0 Å². The van der Waals surface area contributed by atoms with Crippen molar-refractivity contribution in [3.8, 4) is 0 Å². The molecule has 1 fully saturated rings. The number of para-hydroxylation sites is 1. The minimum atomic E-state index is -0.0813. The molecule has 5 nitrogen and oxygen atoms in total. The Labute approximate surface area is 143 Å². The highest BCUT2D eigenvalue weighted by molar-refractivity contribution is 7.07. The number of amides is 1. The number of nitrogens with zero attached hydrogens (tertiary/aromatic N) is 2. The standard InChI is InChI=1S/C18H18N2O3S/c1-11-8-20(9-16(22-11)13-6-7-24-10-13)18(21)14-4-3-5-15-17(14)19-12(2)23-15/h3-7,10-11,16H,8-9H2,1-2H3/t11-,16-/m0/s1. The van der Waals surface area contributed by atoms with Crippen LogP contribution in [0.15, 0.2) is 39.4 Å². The van der Waals surface area contributed by atoms with Gasteiger partial charge in [0.2, 0.25) is 0 Å². The molecule has 1 amide bonds. The van der Waals surface area contributed by atoms with Gasteiger partial charge in [-0.2, -0.15) is 11.3 Å². The van der Waals surface area contributed by atoms with Gasteiger partial charge in [-0.05, 0) is 41.4 Å².